The lowest BCUT2D eigenvalue weighted by Crippen LogP contribution is -2.18. The van der Waals surface area contributed by atoms with Crippen LogP contribution in [0, 0.1) is 6.92 Å². The van der Waals surface area contributed by atoms with Gasteiger partial charge in [-0.3, -0.25) is 9.78 Å². The SMILES string of the molecule is CNCC(=O)c1ccnc(C)c1. The molecule has 0 radical (unpaired) electrons. The second-order valence-corrected chi connectivity index (χ2v) is 2.64. The number of rotatable bonds is 3. The molecule has 1 N–H and O–H groups in total. The van der Waals surface area contributed by atoms with Crippen molar-refractivity contribution >= 4 is 5.78 Å². The third kappa shape index (κ3) is 2.13. The van der Waals surface area contributed by atoms with Crippen LogP contribution >= 0.6 is 0 Å². The van der Waals surface area contributed by atoms with Crippen molar-refractivity contribution in [2.24, 2.45) is 0 Å². The van der Waals surface area contributed by atoms with E-state index in [1.165, 1.54) is 0 Å². The van der Waals surface area contributed by atoms with Crippen LogP contribution in [0.5, 0.6) is 0 Å². The third-order valence-electron chi connectivity index (χ3n) is 1.56. The number of hydrogen-bond acceptors (Lipinski definition) is 3. The molecule has 12 heavy (non-hydrogen) atoms. The number of aryl methyl sites for hydroxylation is 1. The van der Waals surface area contributed by atoms with Crippen molar-refractivity contribution in [2.45, 2.75) is 6.92 Å². The number of hydrogen-bond donors (Lipinski definition) is 1. The average Bonchev–Trinajstić information content (AvgIpc) is 2.05. The van der Waals surface area contributed by atoms with E-state index in [-0.39, 0.29) is 5.78 Å². The Labute approximate surface area is 71.8 Å². The normalized spacial score (nSPS) is 9.83. The van der Waals surface area contributed by atoms with Crippen LogP contribution in [0.25, 0.3) is 0 Å². The highest BCUT2D eigenvalue weighted by Crippen LogP contribution is 2.00. The third-order valence-corrected chi connectivity index (χ3v) is 1.56. The van der Waals surface area contributed by atoms with Crippen molar-refractivity contribution in [2.75, 3.05) is 13.6 Å². The van der Waals surface area contributed by atoms with Crippen LogP contribution in [0.2, 0.25) is 0 Å². The zero-order valence-electron chi connectivity index (χ0n) is 7.29. The fourth-order valence-corrected chi connectivity index (χ4v) is 0.982. The number of nitrogens with zero attached hydrogens (tertiary/aromatic N) is 1. The van der Waals surface area contributed by atoms with Gasteiger partial charge in [0.1, 0.15) is 0 Å². The highest BCUT2D eigenvalue weighted by atomic mass is 16.1. The fraction of sp³-hybridized carbons (Fsp3) is 0.333. The predicted octanol–water partition coefficient (Wildman–Crippen LogP) is 0.792. The molecule has 3 heteroatoms. The molecule has 0 saturated carbocycles. The second kappa shape index (κ2) is 3.97. The van der Waals surface area contributed by atoms with Crippen LogP contribution in [0.1, 0.15) is 16.1 Å². The maximum absolute atomic E-state index is 11.3. The zero-order valence-corrected chi connectivity index (χ0v) is 7.29. The molecule has 0 saturated heterocycles. The summed E-state index contributed by atoms with van der Waals surface area (Å²) in [6.45, 7) is 2.25. The maximum atomic E-state index is 11.3. The maximum Gasteiger partial charge on any atom is 0.176 e. The first-order chi connectivity index (χ1) is 5.74. The number of carbonyl (C=O) groups excluding carboxylic acids is 1. The number of likely N-dealkylation sites (N-methyl/N-ethyl adjacent to an activating group) is 1. The Balaban J connectivity index is 2.81. The highest BCUT2D eigenvalue weighted by Gasteiger charge is 2.03. The van der Waals surface area contributed by atoms with E-state index in [1.54, 1.807) is 25.4 Å². The molecular formula is C9H12N2O. The van der Waals surface area contributed by atoms with Crippen LogP contribution in [0.4, 0.5) is 0 Å². The lowest BCUT2D eigenvalue weighted by atomic mass is 10.1. The number of carbonyl (C=O) groups is 1. The second-order valence-electron chi connectivity index (χ2n) is 2.64. The van der Waals surface area contributed by atoms with E-state index in [0.717, 1.165) is 11.3 Å². The number of nitrogens with one attached hydrogen (secondary N) is 1. The summed E-state index contributed by atoms with van der Waals surface area (Å²) in [6.07, 6.45) is 1.65. The van der Waals surface area contributed by atoms with Gasteiger partial charge in [-0.25, -0.2) is 0 Å². The number of aromatic nitrogens is 1. The summed E-state index contributed by atoms with van der Waals surface area (Å²) in [7, 11) is 1.76. The summed E-state index contributed by atoms with van der Waals surface area (Å²) in [5, 5.41) is 2.82. The Morgan fingerprint density at radius 3 is 3.00 bits per heavy atom. The Morgan fingerprint density at radius 2 is 2.42 bits per heavy atom. The fourth-order valence-electron chi connectivity index (χ4n) is 0.982. The summed E-state index contributed by atoms with van der Waals surface area (Å²) < 4.78 is 0. The van der Waals surface area contributed by atoms with Crippen LogP contribution in [-0.4, -0.2) is 24.4 Å². The summed E-state index contributed by atoms with van der Waals surface area (Å²) in [5.74, 6) is 0.100. The summed E-state index contributed by atoms with van der Waals surface area (Å²) in [5.41, 5.74) is 1.59. The molecule has 0 aliphatic carbocycles. The molecule has 1 aromatic heterocycles. The highest BCUT2D eigenvalue weighted by molar-refractivity contribution is 5.97. The van der Waals surface area contributed by atoms with Crippen LogP contribution in [0.15, 0.2) is 18.3 Å². The molecule has 1 heterocycles. The molecule has 0 atom stereocenters. The van der Waals surface area contributed by atoms with Crippen LogP contribution in [0.3, 0.4) is 0 Å². The van der Waals surface area contributed by atoms with Crippen molar-refractivity contribution in [1.29, 1.82) is 0 Å². The number of Topliss-reactive ketones (excluding diaryl/α,β-unsaturated/α-hetero) is 1. The van der Waals surface area contributed by atoms with Gasteiger partial charge >= 0.3 is 0 Å². The van der Waals surface area contributed by atoms with Gasteiger partial charge in [0.05, 0.1) is 6.54 Å². The first-order valence-electron chi connectivity index (χ1n) is 3.84. The number of ketones is 1. The van der Waals surface area contributed by atoms with Crippen molar-refractivity contribution in [3.8, 4) is 0 Å². The molecule has 64 valence electrons. The van der Waals surface area contributed by atoms with Gasteiger partial charge in [-0.2, -0.15) is 0 Å². The van der Waals surface area contributed by atoms with E-state index in [0.29, 0.717) is 6.54 Å². The Morgan fingerprint density at radius 1 is 1.67 bits per heavy atom. The van der Waals surface area contributed by atoms with E-state index in [1.807, 2.05) is 6.92 Å². The molecule has 0 aromatic carbocycles. The predicted molar refractivity (Wildman–Crippen MR) is 47.2 cm³/mol. The van der Waals surface area contributed by atoms with Gasteiger partial charge in [-0.1, -0.05) is 0 Å². The van der Waals surface area contributed by atoms with E-state index in [2.05, 4.69) is 10.3 Å². The van der Waals surface area contributed by atoms with Gasteiger partial charge in [0.15, 0.2) is 5.78 Å². The van der Waals surface area contributed by atoms with E-state index in [9.17, 15) is 4.79 Å². The van der Waals surface area contributed by atoms with Crippen molar-refractivity contribution in [3.63, 3.8) is 0 Å². The molecule has 1 rings (SSSR count). The van der Waals surface area contributed by atoms with E-state index in [4.69, 9.17) is 0 Å². The van der Waals surface area contributed by atoms with Crippen molar-refractivity contribution in [1.82, 2.24) is 10.3 Å². The number of pyridine rings is 1. The first kappa shape index (κ1) is 8.87. The van der Waals surface area contributed by atoms with Gasteiger partial charge in [-0.15, -0.1) is 0 Å². The summed E-state index contributed by atoms with van der Waals surface area (Å²) in [6, 6.07) is 3.52. The van der Waals surface area contributed by atoms with E-state index < -0.39 is 0 Å². The minimum Gasteiger partial charge on any atom is -0.313 e. The van der Waals surface area contributed by atoms with Crippen molar-refractivity contribution < 1.29 is 4.79 Å². The molecule has 0 aliphatic rings. The molecular weight excluding hydrogens is 152 g/mol. The molecule has 0 aliphatic heterocycles. The molecule has 0 amide bonds. The molecule has 0 bridgehead atoms. The standard InChI is InChI=1S/C9H12N2O/c1-7-5-8(3-4-11-7)9(12)6-10-2/h3-5,10H,6H2,1-2H3. The Hall–Kier alpha value is -1.22. The van der Waals surface area contributed by atoms with Crippen LogP contribution < -0.4 is 5.32 Å². The van der Waals surface area contributed by atoms with Gasteiger partial charge in [-0.05, 0) is 26.1 Å². The first-order valence-corrected chi connectivity index (χ1v) is 3.84. The smallest absolute Gasteiger partial charge is 0.176 e. The molecule has 0 unspecified atom stereocenters. The van der Waals surface area contributed by atoms with Gasteiger partial charge in [0.2, 0.25) is 0 Å². The summed E-state index contributed by atoms with van der Waals surface area (Å²) in [4.78, 5) is 15.3. The monoisotopic (exact) mass is 164 g/mol. The van der Waals surface area contributed by atoms with E-state index >= 15 is 0 Å². The summed E-state index contributed by atoms with van der Waals surface area (Å²) >= 11 is 0. The Kier molecular flexibility index (Phi) is 2.94. The minimum absolute atomic E-state index is 0.100. The quantitative estimate of drug-likeness (QED) is 0.672. The van der Waals surface area contributed by atoms with Crippen LogP contribution in [-0.2, 0) is 0 Å². The van der Waals surface area contributed by atoms with Gasteiger partial charge < -0.3 is 5.32 Å². The van der Waals surface area contributed by atoms with Gasteiger partial charge in [0, 0.05) is 17.5 Å². The largest absolute Gasteiger partial charge is 0.313 e. The van der Waals surface area contributed by atoms with Crippen molar-refractivity contribution in [3.05, 3.63) is 29.6 Å². The minimum atomic E-state index is 0.100. The Bertz CT molecular complexity index is 284. The van der Waals surface area contributed by atoms with Gasteiger partial charge in [0.25, 0.3) is 0 Å². The lowest BCUT2D eigenvalue weighted by Gasteiger charge is -1.99. The molecule has 1 aromatic rings. The molecule has 3 nitrogen and oxygen atoms in total. The lowest BCUT2D eigenvalue weighted by molar-refractivity contribution is 0.0993. The molecule has 0 fully saturated rings. The molecule has 0 spiro atoms. The topological polar surface area (TPSA) is 42.0 Å². The zero-order chi connectivity index (χ0) is 8.97. The average molecular weight is 164 g/mol.